The van der Waals surface area contributed by atoms with Crippen molar-refractivity contribution >= 4 is 34.9 Å². The minimum Gasteiger partial charge on any atom is -0.321 e. The van der Waals surface area contributed by atoms with E-state index in [-0.39, 0.29) is 17.5 Å². The molecule has 0 aliphatic heterocycles. The van der Waals surface area contributed by atoms with Crippen molar-refractivity contribution in [3.63, 3.8) is 0 Å². The van der Waals surface area contributed by atoms with Crippen LogP contribution in [-0.2, 0) is 4.79 Å². The highest BCUT2D eigenvalue weighted by Crippen LogP contribution is 2.15. The molecule has 1 aromatic heterocycles. The van der Waals surface area contributed by atoms with E-state index < -0.39 is 0 Å². The van der Waals surface area contributed by atoms with E-state index in [0.29, 0.717) is 11.3 Å². The molecule has 0 spiro atoms. The normalized spacial score (nSPS) is 11.0. The lowest BCUT2D eigenvalue weighted by molar-refractivity contribution is -0.113. The van der Waals surface area contributed by atoms with Gasteiger partial charge in [0.25, 0.3) is 11.8 Å². The van der Waals surface area contributed by atoms with Crippen LogP contribution < -0.4 is 10.6 Å². The number of hydrogen-bond donors (Lipinski definition) is 2. The van der Waals surface area contributed by atoms with Crippen LogP contribution in [0.3, 0.4) is 0 Å². The number of nitrogens with one attached hydrogen (secondary N) is 2. The summed E-state index contributed by atoms with van der Waals surface area (Å²) in [5.41, 5.74) is 2.41. The van der Waals surface area contributed by atoms with Crippen molar-refractivity contribution in [2.24, 2.45) is 0 Å². The molecule has 4 nitrogen and oxygen atoms in total. The van der Waals surface area contributed by atoms with Gasteiger partial charge < -0.3 is 10.6 Å². The number of thiophene rings is 1. The number of carbonyl (C=O) groups excluding carboxylic acids is 2. The summed E-state index contributed by atoms with van der Waals surface area (Å²) in [5.74, 6) is -0.693. The molecule has 0 fully saturated rings. The molecule has 0 aliphatic carbocycles. The van der Waals surface area contributed by atoms with Crippen molar-refractivity contribution in [1.82, 2.24) is 5.32 Å². The van der Waals surface area contributed by atoms with E-state index in [9.17, 15) is 9.59 Å². The summed E-state index contributed by atoms with van der Waals surface area (Å²) in [6, 6.07) is 20.1. The number of rotatable bonds is 5. The molecule has 0 unspecified atom stereocenters. The quantitative estimate of drug-likeness (QED) is 0.658. The van der Waals surface area contributed by atoms with Crippen molar-refractivity contribution in [2.75, 3.05) is 5.32 Å². The maximum atomic E-state index is 12.7. The Kier molecular flexibility index (Phi) is 5.61. The predicted molar refractivity (Wildman–Crippen MR) is 106 cm³/mol. The van der Waals surface area contributed by atoms with Gasteiger partial charge in [0.1, 0.15) is 5.70 Å². The SMILES string of the molecule is Cc1cccc(NC(=O)C(=Cc2cccs2)NC(=O)c2ccccc2)c1. The Labute approximate surface area is 156 Å². The largest absolute Gasteiger partial charge is 0.321 e. The first kappa shape index (κ1) is 17.6. The maximum absolute atomic E-state index is 12.7. The Balaban J connectivity index is 1.83. The molecular formula is C21H18N2O2S. The van der Waals surface area contributed by atoms with Crippen LogP contribution in [0.25, 0.3) is 6.08 Å². The molecular weight excluding hydrogens is 344 g/mol. The van der Waals surface area contributed by atoms with E-state index in [4.69, 9.17) is 0 Å². The highest BCUT2D eigenvalue weighted by atomic mass is 32.1. The van der Waals surface area contributed by atoms with E-state index in [2.05, 4.69) is 10.6 Å². The van der Waals surface area contributed by atoms with Crippen LogP contribution in [0, 0.1) is 6.92 Å². The van der Waals surface area contributed by atoms with Crippen molar-refractivity contribution in [3.05, 3.63) is 93.8 Å². The summed E-state index contributed by atoms with van der Waals surface area (Å²) in [6.07, 6.45) is 1.68. The van der Waals surface area contributed by atoms with Gasteiger partial charge in [-0.15, -0.1) is 11.3 Å². The van der Waals surface area contributed by atoms with E-state index in [1.165, 1.54) is 11.3 Å². The van der Waals surface area contributed by atoms with Crippen molar-refractivity contribution in [1.29, 1.82) is 0 Å². The molecule has 0 aliphatic rings. The lowest BCUT2D eigenvalue weighted by Gasteiger charge is -2.11. The van der Waals surface area contributed by atoms with Crippen LogP contribution in [0.5, 0.6) is 0 Å². The zero-order chi connectivity index (χ0) is 18.4. The van der Waals surface area contributed by atoms with Gasteiger partial charge in [0, 0.05) is 16.1 Å². The molecule has 1 heterocycles. The van der Waals surface area contributed by atoms with Crippen molar-refractivity contribution in [2.45, 2.75) is 6.92 Å². The maximum Gasteiger partial charge on any atom is 0.272 e. The molecule has 3 rings (SSSR count). The zero-order valence-corrected chi connectivity index (χ0v) is 15.0. The van der Waals surface area contributed by atoms with Crippen LogP contribution >= 0.6 is 11.3 Å². The number of aryl methyl sites for hydroxylation is 1. The average Bonchev–Trinajstić information content (AvgIpc) is 3.15. The highest BCUT2D eigenvalue weighted by molar-refractivity contribution is 7.10. The van der Waals surface area contributed by atoms with Gasteiger partial charge in [-0.2, -0.15) is 0 Å². The summed E-state index contributed by atoms with van der Waals surface area (Å²) in [6.45, 7) is 1.95. The molecule has 2 N–H and O–H groups in total. The van der Waals surface area contributed by atoms with Crippen LogP contribution in [0.15, 0.2) is 77.8 Å². The van der Waals surface area contributed by atoms with E-state index in [1.807, 2.05) is 54.8 Å². The first-order valence-electron chi connectivity index (χ1n) is 8.11. The number of benzene rings is 2. The van der Waals surface area contributed by atoms with Gasteiger partial charge in [0.2, 0.25) is 0 Å². The van der Waals surface area contributed by atoms with E-state index in [1.54, 1.807) is 30.3 Å². The fourth-order valence-corrected chi connectivity index (χ4v) is 3.04. The summed E-state index contributed by atoms with van der Waals surface area (Å²) in [7, 11) is 0. The molecule has 2 amide bonds. The molecule has 0 bridgehead atoms. The van der Waals surface area contributed by atoms with Gasteiger partial charge in [-0.1, -0.05) is 36.4 Å². The van der Waals surface area contributed by atoms with Crippen LogP contribution in [0.2, 0.25) is 0 Å². The van der Waals surface area contributed by atoms with Gasteiger partial charge in [-0.3, -0.25) is 9.59 Å². The molecule has 0 saturated carbocycles. The molecule has 130 valence electrons. The van der Waals surface area contributed by atoms with Crippen molar-refractivity contribution in [3.8, 4) is 0 Å². The number of carbonyl (C=O) groups is 2. The Bertz CT molecular complexity index is 932. The molecule has 0 atom stereocenters. The smallest absolute Gasteiger partial charge is 0.272 e. The number of anilines is 1. The molecule has 2 aromatic carbocycles. The molecule has 5 heteroatoms. The third-order valence-corrected chi connectivity index (χ3v) is 4.45. The van der Waals surface area contributed by atoms with Gasteiger partial charge in [0.05, 0.1) is 0 Å². The Morgan fingerprint density at radius 1 is 0.962 bits per heavy atom. The molecule has 0 radical (unpaired) electrons. The Hall–Kier alpha value is -3.18. The average molecular weight is 362 g/mol. The molecule has 3 aromatic rings. The third kappa shape index (κ3) is 4.68. The lowest BCUT2D eigenvalue weighted by atomic mass is 10.2. The standard InChI is InChI=1S/C21H18N2O2S/c1-15-7-5-10-17(13-15)22-21(25)19(14-18-11-6-12-26-18)23-20(24)16-8-3-2-4-9-16/h2-14H,1H3,(H,22,25)(H,23,24). The Morgan fingerprint density at radius 3 is 2.46 bits per heavy atom. The lowest BCUT2D eigenvalue weighted by Crippen LogP contribution is -2.30. The molecule has 26 heavy (non-hydrogen) atoms. The predicted octanol–water partition coefficient (Wildman–Crippen LogP) is 4.47. The zero-order valence-electron chi connectivity index (χ0n) is 14.2. The minimum absolute atomic E-state index is 0.197. The highest BCUT2D eigenvalue weighted by Gasteiger charge is 2.15. The van der Waals surface area contributed by atoms with Crippen LogP contribution in [0.4, 0.5) is 5.69 Å². The fraction of sp³-hybridized carbons (Fsp3) is 0.0476. The van der Waals surface area contributed by atoms with Gasteiger partial charge >= 0.3 is 0 Å². The van der Waals surface area contributed by atoms with Crippen LogP contribution in [-0.4, -0.2) is 11.8 Å². The van der Waals surface area contributed by atoms with Crippen molar-refractivity contribution < 1.29 is 9.59 Å². The number of hydrogen-bond acceptors (Lipinski definition) is 3. The van der Waals surface area contributed by atoms with Crippen LogP contribution in [0.1, 0.15) is 20.8 Å². The fourth-order valence-electron chi connectivity index (χ4n) is 2.38. The Morgan fingerprint density at radius 2 is 1.77 bits per heavy atom. The summed E-state index contributed by atoms with van der Waals surface area (Å²) >= 11 is 1.49. The number of amides is 2. The third-order valence-electron chi connectivity index (χ3n) is 3.63. The topological polar surface area (TPSA) is 58.2 Å². The second-order valence-corrected chi connectivity index (χ2v) is 6.70. The molecule has 0 saturated heterocycles. The first-order valence-corrected chi connectivity index (χ1v) is 8.99. The van der Waals surface area contributed by atoms with E-state index >= 15 is 0 Å². The monoisotopic (exact) mass is 362 g/mol. The van der Waals surface area contributed by atoms with Gasteiger partial charge in [0.15, 0.2) is 0 Å². The first-order chi connectivity index (χ1) is 12.6. The summed E-state index contributed by atoms with van der Waals surface area (Å²) in [5, 5.41) is 7.48. The second kappa shape index (κ2) is 8.27. The van der Waals surface area contributed by atoms with Gasteiger partial charge in [-0.25, -0.2) is 0 Å². The summed E-state index contributed by atoms with van der Waals surface area (Å²) in [4.78, 5) is 26.1. The minimum atomic E-state index is -0.367. The summed E-state index contributed by atoms with van der Waals surface area (Å²) < 4.78 is 0. The van der Waals surface area contributed by atoms with E-state index in [0.717, 1.165) is 10.4 Å². The van der Waals surface area contributed by atoms with Gasteiger partial charge in [-0.05, 0) is 54.3 Å². The second-order valence-electron chi connectivity index (χ2n) is 5.72.